The highest BCUT2D eigenvalue weighted by molar-refractivity contribution is 5.85. The van der Waals surface area contributed by atoms with Crippen LogP contribution in [0, 0.1) is 6.92 Å². The summed E-state index contributed by atoms with van der Waals surface area (Å²) in [6, 6.07) is 15.5. The highest BCUT2D eigenvalue weighted by atomic mass is 35.5. The minimum absolute atomic E-state index is 0. The first kappa shape index (κ1) is 21.8. The number of amides is 1. The minimum atomic E-state index is -0.148. The molecule has 0 radical (unpaired) electrons. The molecule has 0 heterocycles. The van der Waals surface area contributed by atoms with Gasteiger partial charge in [-0.25, -0.2) is 0 Å². The molecule has 2 aromatic carbocycles. The van der Waals surface area contributed by atoms with Crippen molar-refractivity contribution in [3.63, 3.8) is 0 Å². The molecule has 6 heteroatoms. The highest BCUT2D eigenvalue weighted by Gasteiger charge is 2.19. The fraction of sp³-hybridized carbons (Fsp3) is 0.350. The summed E-state index contributed by atoms with van der Waals surface area (Å²) >= 11 is 0. The van der Waals surface area contributed by atoms with Crippen LogP contribution in [0.2, 0.25) is 0 Å². The number of likely N-dealkylation sites (N-methyl/N-ethyl adjacent to an activating group) is 1. The third-order valence-corrected chi connectivity index (χ3v) is 4.07. The summed E-state index contributed by atoms with van der Waals surface area (Å²) in [5.74, 6) is 1.39. The summed E-state index contributed by atoms with van der Waals surface area (Å²) in [4.78, 5) is 14.2. The number of para-hydroxylation sites is 2. The molecule has 5 nitrogen and oxygen atoms in total. The number of carbonyl (C=O) groups is 1. The Hall–Kier alpha value is -2.24. The second kappa shape index (κ2) is 10.7. The highest BCUT2D eigenvalue weighted by Crippen LogP contribution is 2.27. The summed E-state index contributed by atoms with van der Waals surface area (Å²) < 4.78 is 11.0. The molecule has 2 rings (SSSR count). The van der Waals surface area contributed by atoms with Crippen molar-refractivity contribution in [3.05, 3.63) is 59.7 Å². The van der Waals surface area contributed by atoms with E-state index in [9.17, 15) is 4.79 Å². The molecule has 0 aromatic heterocycles. The van der Waals surface area contributed by atoms with Crippen LogP contribution in [0.3, 0.4) is 0 Å². The van der Waals surface area contributed by atoms with Crippen molar-refractivity contribution in [1.29, 1.82) is 0 Å². The van der Waals surface area contributed by atoms with Crippen molar-refractivity contribution >= 4 is 18.3 Å². The molecule has 0 bridgehead atoms. The molecule has 1 N–H and O–H groups in total. The lowest BCUT2D eigenvalue weighted by molar-refractivity contribution is -0.123. The molecule has 0 aliphatic rings. The molecule has 26 heavy (non-hydrogen) atoms. The van der Waals surface area contributed by atoms with Gasteiger partial charge in [-0.2, -0.15) is 0 Å². The number of hydrogen-bond acceptors (Lipinski definition) is 4. The fourth-order valence-corrected chi connectivity index (χ4v) is 2.64. The normalized spacial score (nSPS) is 11.4. The number of rotatable bonds is 8. The number of hydrogen-bond donors (Lipinski definition) is 1. The molecular formula is C20H27ClN2O3. The van der Waals surface area contributed by atoms with E-state index in [0.29, 0.717) is 6.54 Å². The first-order valence-electron chi connectivity index (χ1n) is 8.27. The van der Waals surface area contributed by atoms with Gasteiger partial charge in [-0.3, -0.25) is 4.79 Å². The molecule has 142 valence electrons. The topological polar surface area (TPSA) is 50.8 Å². The Morgan fingerprint density at radius 2 is 1.69 bits per heavy atom. The van der Waals surface area contributed by atoms with Gasteiger partial charge in [0.1, 0.15) is 11.5 Å². The molecule has 1 amide bonds. The van der Waals surface area contributed by atoms with E-state index in [1.165, 1.54) is 0 Å². The van der Waals surface area contributed by atoms with Gasteiger partial charge in [0.15, 0.2) is 6.61 Å². The van der Waals surface area contributed by atoms with Crippen LogP contribution in [-0.4, -0.2) is 45.2 Å². The average molecular weight is 379 g/mol. The largest absolute Gasteiger partial charge is 0.496 e. The second-order valence-corrected chi connectivity index (χ2v) is 6.08. The van der Waals surface area contributed by atoms with Gasteiger partial charge in [-0.1, -0.05) is 36.4 Å². The smallest absolute Gasteiger partial charge is 0.258 e. The van der Waals surface area contributed by atoms with Gasteiger partial charge in [0, 0.05) is 12.1 Å². The third kappa shape index (κ3) is 5.93. The third-order valence-electron chi connectivity index (χ3n) is 4.07. The molecular weight excluding hydrogens is 352 g/mol. The maximum Gasteiger partial charge on any atom is 0.258 e. The maximum absolute atomic E-state index is 12.2. The monoisotopic (exact) mass is 378 g/mol. The van der Waals surface area contributed by atoms with Crippen molar-refractivity contribution in [2.75, 3.05) is 34.4 Å². The van der Waals surface area contributed by atoms with E-state index in [2.05, 4.69) is 10.2 Å². The van der Waals surface area contributed by atoms with Crippen LogP contribution in [0.25, 0.3) is 0 Å². The van der Waals surface area contributed by atoms with E-state index in [0.717, 1.165) is 22.6 Å². The standard InChI is InChI=1S/C20H26N2O3.ClH/c1-15-9-5-7-11-18(15)25-14-20(23)21-13-17(22(2)3)16-10-6-8-12-19(16)24-4;/h5-12,17H,13-14H2,1-4H3,(H,21,23);1H. The van der Waals surface area contributed by atoms with Crippen LogP contribution in [0.4, 0.5) is 0 Å². The van der Waals surface area contributed by atoms with E-state index in [1.807, 2.05) is 69.6 Å². The van der Waals surface area contributed by atoms with Gasteiger partial charge >= 0.3 is 0 Å². The second-order valence-electron chi connectivity index (χ2n) is 6.08. The molecule has 0 spiro atoms. The van der Waals surface area contributed by atoms with Crippen molar-refractivity contribution < 1.29 is 14.3 Å². The quantitative estimate of drug-likeness (QED) is 0.766. The Morgan fingerprint density at radius 1 is 1.08 bits per heavy atom. The lowest BCUT2D eigenvalue weighted by atomic mass is 10.0. The van der Waals surface area contributed by atoms with Gasteiger partial charge in [-0.15, -0.1) is 12.4 Å². The van der Waals surface area contributed by atoms with Crippen LogP contribution in [-0.2, 0) is 4.79 Å². The molecule has 2 aromatic rings. The van der Waals surface area contributed by atoms with Gasteiger partial charge in [0.2, 0.25) is 0 Å². The first-order chi connectivity index (χ1) is 12.0. The number of benzene rings is 2. The van der Waals surface area contributed by atoms with Crippen molar-refractivity contribution in [3.8, 4) is 11.5 Å². The number of methoxy groups -OCH3 is 1. The van der Waals surface area contributed by atoms with Crippen LogP contribution in [0.1, 0.15) is 17.2 Å². The Balaban J connectivity index is 0.00000338. The molecule has 0 saturated carbocycles. The maximum atomic E-state index is 12.2. The van der Waals surface area contributed by atoms with Crippen molar-refractivity contribution in [2.24, 2.45) is 0 Å². The zero-order valence-electron chi connectivity index (χ0n) is 15.7. The minimum Gasteiger partial charge on any atom is -0.496 e. The summed E-state index contributed by atoms with van der Waals surface area (Å²) in [6.45, 7) is 2.43. The van der Waals surface area contributed by atoms with Gasteiger partial charge in [0.05, 0.1) is 13.2 Å². The van der Waals surface area contributed by atoms with Gasteiger partial charge in [-0.05, 0) is 38.7 Å². The molecule has 0 aliphatic carbocycles. The Morgan fingerprint density at radius 3 is 2.31 bits per heavy atom. The lowest BCUT2D eigenvalue weighted by Crippen LogP contribution is -2.37. The zero-order chi connectivity index (χ0) is 18.2. The zero-order valence-corrected chi connectivity index (χ0v) is 16.5. The molecule has 0 aliphatic heterocycles. The number of aryl methyl sites for hydroxylation is 1. The summed E-state index contributed by atoms with van der Waals surface area (Å²) in [5, 5.41) is 2.94. The van der Waals surface area contributed by atoms with Gasteiger partial charge < -0.3 is 19.7 Å². The number of ether oxygens (including phenoxy) is 2. The first-order valence-corrected chi connectivity index (χ1v) is 8.27. The number of carbonyl (C=O) groups excluding carboxylic acids is 1. The molecule has 1 unspecified atom stereocenters. The van der Waals surface area contributed by atoms with Crippen LogP contribution in [0.5, 0.6) is 11.5 Å². The summed E-state index contributed by atoms with van der Waals surface area (Å²) in [7, 11) is 5.61. The van der Waals surface area contributed by atoms with E-state index in [1.54, 1.807) is 7.11 Å². The van der Waals surface area contributed by atoms with Gasteiger partial charge in [0.25, 0.3) is 5.91 Å². The SMILES string of the molecule is COc1ccccc1C(CNC(=O)COc1ccccc1C)N(C)C.Cl. The molecule has 1 atom stereocenters. The van der Waals surface area contributed by atoms with E-state index >= 15 is 0 Å². The Labute approximate surface area is 161 Å². The predicted molar refractivity (Wildman–Crippen MR) is 106 cm³/mol. The van der Waals surface area contributed by atoms with Crippen molar-refractivity contribution in [2.45, 2.75) is 13.0 Å². The van der Waals surface area contributed by atoms with Crippen LogP contribution < -0.4 is 14.8 Å². The summed E-state index contributed by atoms with van der Waals surface area (Å²) in [5.41, 5.74) is 2.05. The number of nitrogens with zero attached hydrogens (tertiary/aromatic N) is 1. The van der Waals surface area contributed by atoms with E-state index in [-0.39, 0.29) is 31.0 Å². The molecule has 0 fully saturated rings. The van der Waals surface area contributed by atoms with Crippen LogP contribution in [0.15, 0.2) is 48.5 Å². The van der Waals surface area contributed by atoms with Crippen molar-refractivity contribution in [1.82, 2.24) is 10.2 Å². The molecule has 0 saturated heterocycles. The Bertz CT molecular complexity index is 707. The average Bonchev–Trinajstić information content (AvgIpc) is 2.61. The van der Waals surface area contributed by atoms with E-state index in [4.69, 9.17) is 9.47 Å². The fourth-order valence-electron chi connectivity index (χ4n) is 2.64. The van der Waals surface area contributed by atoms with Crippen LogP contribution >= 0.6 is 12.4 Å². The lowest BCUT2D eigenvalue weighted by Gasteiger charge is -2.26. The predicted octanol–water partition coefficient (Wildman–Crippen LogP) is 3.22. The summed E-state index contributed by atoms with van der Waals surface area (Å²) in [6.07, 6.45) is 0. The number of nitrogens with one attached hydrogen (secondary N) is 1. The van der Waals surface area contributed by atoms with E-state index < -0.39 is 0 Å². The Kier molecular flexibility index (Phi) is 8.96. The number of halogens is 1.